The molecule has 0 fully saturated rings. The molecular formula is C29H24N4O7. The van der Waals surface area contributed by atoms with E-state index in [2.05, 4.69) is 5.32 Å². The molecule has 0 radical (unpaired) electrons. The number of hydrogen-bond donors (Lipinski definition) is 1. The van der Waals surface area contributed by atoms with Crippen molar-refractivity contribution in [3.63, 3.8) is 0 Å². The van der Waals surface area contributed by atoms with Crippen LogP contribution in [0, 0.1) is 10.1 Å². The van der Waals surface area contributed by atoms with Crippen LogP contribution in [0.3, 0.4) is 0 Å². The van der Waals surface area contributed by atoms with Gasteiger partial charge in [-0.1, -0.05) is 43.3 Å². The smallest absolute Gasteiger partial charge is 0.355 e. The van der Waals surface area contributed by atoms with Gasteiger partial charge in [0.15, 0.2) is 0 Å². The molecule has 2 aliphatic rings. The van der Waals surface area contributed by atoms with Crippen molar-refractivity contribution in [3.8, 4) is 11.4 Å². The maximum Gasteiger partial charge on any atom is 0.355 e. The normalized spacial score (nSPS) is 17.0. The van der Waals surface area contributed by atoms with Crippen LogP contribution in [0.4, 0.5) is 11.4 Å². The van der Waals surface area contributed by atoms with E-state index in [1.54, 1.807) is 25.1 Å². The molecule has 0 saturated carbocycles. The number of fused-ring (bicyclic) bond motifs is 5. The summed E-state index contributed by atoms with van der Waals surface area (Å²) in [7, 11) is 0. The summed E-state index contributed by atoms with van der Waals surface area (Å²) in [5.41, 5.74) is 1.55. The lowest BCUT2D eigenvalue weighted by Gasteiger charge is -2.35. The number of esters is 2. The molecule has 6 rings (SSSR count). The van der Waals surface area contributed by atoms with E-state index in [4.69, 9.17) is 14.5 Å². The van der Waals surface area contributed by atoms with E-state index in [1.807, 2.05) is 30.3 Å². The molecule has 4 aromatic rings. The Labute approximate surface area is 227 Å². The van der Waals surface area contributed by atoms with E-state index in [0.29, 0.717) is 40.1 Å². The third-order valence-corrected chi connectivity index (χ3v) is 7.49. The zero-order valence-corrected chi connectivity index (χ0v) is 21.7. The van der Waals surface area contributed by atoms with Gasteiger partial charge in [0, 0.05) is 30.7 Å². The first-order valence-electron chi connectivity index (χ1n) is 12.8. The predicted molar refractivity (Wildman–Crippen MR) is 144 cm³/mol. The Morgan fingerprint density at radius 3 is 2.65 bits per heavy atom. The molecule has 1 N–H and O–H groups in total. The van der Waals surface area contributed by atoms with Crippen LogP contribution in [-0.4, -0.2) is 26.4 Å². The number of rotatable bonds is 6. The molecule has 4 heterocycles. The minimum atomic E-state index is -1.76. The summed E-state index contributed by atoms with van der Waals surface area (Å²) in [6, 6.07) is 15.9. The standard InChI is InChI=1S/C29H24N4O7/c1-3-29(40-16(2)34)20-12-23-25-18(14-32(23)27(35)19(20)15-39-28(29)36)26(30-13-17-8-5-4-6-9-17)24-21(31-25)10-7-11-22(24)33(37)38/h4-12H,3,13-15H2,1-2H3,(H,30,31). The molecule has 0 aliphatic carbocycles. The van der Waals surface area contributed by atoms with Crippen LogP contribution in [0.25, 0.3) is 22.3 Å². The van der Waals surface area contributed by atoms with Crippen molar-refractivity contribution in [2.24, 2.45) is 0 Å². The molecule has 1 unspecified atom stereocenters. The summed E-state index contributed by atoms with van der Waals surface area (Å²) >= 11 is 0. The number of carbonyl (C=O) groups is 2. The highest BCUT2D eigenvalue weighted by Crippen LogP contribution is 2.44. The fourth-order valence-electron chi connectivity index (χ4n) is 5.65. The Hall–Kier alpha value is -5.06. The van der Waals surface area contributed by atoms with Crippen molar-refractivity contribution in [2.45, 2.75) is 45.6 Å². The second-order valence-electron chi connectivity index (χ2n) is 9.74. The molecule has 40 heavy (non-hydrogen) atoms. The highest BCUT2D eigenvalue weighted by molar-refractivity contribution is 6.03. The quantitative estimate of drug-likeness (QED) is 0.191. The number of pyridine rings is 2. The van der Waals surface area contributed by atoms with E-state index in [0.717, 1.165) is 5.56 Å². The van der Waals surface area contributed by atoms with Gasteiger partial charge < -0.3 is 19.4 Å². The number of nitro groups is 1. The van der Waals surface area contributed by atoms with Crippen molar-refractivity contribution < 1.29 is 24.0 Å². The average molecular weight is 541 g/mol. The molecule has 202 valence electrons. The van der Waals surface area contributed by atoms with Crippen LogP contribution in [0.5, 0.6) is 0 Å². The van der Waals surface area contributed by atoms with Crippen molar-refractivity contribution in [1.82, 2.24) is 9.55 Å². The monoisotopic (exact) mass is 540 g/mol. The number of hydrogen-bond acceptors (Lipinski definition) is 9. The SMILES string of the molecule is CCC1(OC(C)=O)C(=O)OCc2c1cc1n(c2=O)Cc2c-1nc1cccc([N+](=O)[O-])c1c2NCc1ccccc1. The van der Waals surface area contributed by atoms with Gasteiger partial charge in [-0.3, -0.25) is 19.7 Å². The summed E-state index contributed by atoms with van der Waals surface area (Å²) in [5, 5.41) is 15.7. The Kier molecular flexibility index (Phi) is 5.86. The zero-order valence-electron chi connectivity index (χ0n) is 21.7. The molecule has 0 saturated heterocycles. The summed E-state index contributed by atoms with van der Waals surface area (Å²) in [5.74, 6) is -1.43. The zero-order chi connectivity index (χ0) is 28.2. The van der Waals surface area contributed by atoms with Gasteiger partial charge in [-0.05, 0) is 24.1 Å². The molecule has 0 amide bonds. The average Bonchev–Trinajstić information content (AvgIpc) is 3.31. The minimum absolute atomic E-state index is 0.0649. The Balaban J connectivity index is 1.60. The van der Waals surface area contributed by atoms with Gasteiger partial charge in [-0.25, -0.2) is 9.78 Å². The van der Waals surface area contributed by atoms with Crippen LogP contribution in [-0.2, 0) is 44.4 Å². The predicted octanol–water partition coefficient (Wildman–Crippen LogP) is 4.17. The van der Waals surface area contributed by atoms with Gasteiger partial charge in [0.05, 0.1) is 39.6 Å². The number of carbonyl (C=O) groups excluding carboxylic acids is 2. The number of anilines is 1. The van der Waals surface area contributed by atoms with Crippen LogP contribution >= 0.6 is 0 Å². The molecule has 1 atom stereocenters. The molecule has 11 heteroatoms. The van der Waals surface area contributed by atoms with E-state index in [-0.39, 0.29) is 36.4 Å². The van der Waals surface area contributed by atoms with Crippen LogP contribution in [0.1, 0.15) is 42.5 Å². The van der Waals surface area contributed by atoms with E-state index < -0.39 is 28.0 Å². The lowest BCUT2D eigenvalue weighted by Crippen LogP contribution is -2.47. The van der Waals surface area contributed by atoms with Gasteiger partial charge in [0.1, 0.15) is 12.0 Å². The van der Waals surface area contributed by atoms with E-state index in [1.165, 1.54) is 17.6 Å². The number of benzene rings is 2. The first kappa shape index (κ1) is 25.2. The first-order valence-corrected chi connectivity index (χ1v) is 12.8. The number of nitrogens with one attached hydrogen (secondary N) is 1. The maximum absolute atomic E-state index is 13.8. The molecule has 0 bridgehead atoms. The summed E-state index contributed by atoms with van der Waals surface area (Å²) < 4.78 is 12.4. The number of nitrogens with zero attached hydrogens (tertiary/aromatic N) is 3. The van der Waals surface area contributed by atoms with Crippen molar-refractivity contribution in [3.05, 3.63) is 97.3 Å². The second-order valence-corrected chi connectivity index (χ2v) is 9.74. The Bertz CT molecular complexity index is 1800. The number of cyclic esters (lactones) is 1. The van der Waals surface area contributed by atoms with Gasteiger partial charge in [-0.15, -0.1) is 0 Å². The lowest BCUT2D eigenvalue weighted by molar-refractivity contribution is -0.383. The minimum Gasteiger partial charge on any atom is -0.457 e. The third-order valence-electron chi connectivity index (χ3n) is 7.49. The number of aromatic nitrogens is 2. The summed E-state index contributed by atoms with van der Waals surface area (Å²) in [4.78, 5) is 55.1. The maximum atomic E-state index is 13.8. The van der Waals surface area contributed by atoms with Crippen molar-refractivity contribution >= 4 is 34.2 Å². The number of non-ortho nitro benzene ring substituents is 1. The lowest BCUT2D eigenvalue weighted by atomic mass is 9.85. The first-order chi connectivity index (χ1) is 19.2. The van der Waals surface area contributed by atoms with Crippen LogP contribution in [0.15, 0.2) is 59.4 Å². The highest BCUT2D eigenvalue weighted by Gasteiger charge is 2.50. The van der Waals surface area contributed by atoms with Crippen molar-refractivity contribution in [2.75, 3.05) is 5.32 Å². The van der Waals surface area contributed by atoms with Crippen molar-refractivity contribution in [1.29, 1.82) is 0 Å². The number of ether oxygens (including phenoxy) is 2. The number of nitro benzene ring substituents is 1. The van der Waals surface area contributed by atoms with Crippen LogP contribution in [0.2, 0.25) is 0 Å². The topological polar surface area (TPSA) is 143 Å². The Morgan fingerprint density at radius 2 is 1.95 bits per heavy atom. The Morgan fingerprint density at radius 1 is 1.18 bits per heavy atom. The second kappa shape index (κ2) is 9.30. The van der Waals surface area contributed by atoms with Gasteiger partial charge >= 0.3 is 11.9 Å². The summed E-state index contributed by atoms with van der Waals surface area (Å²) in [6.07, 6.45) is 0.0649. The van der Waals surface area contributed by atoms with E-state index >= 15 is 0 Å². The summed E-state index contributed by atoms with van der Waals surface area (Å²) in [6.45, 7) is 3.10. The third kappa shape index (κ3) is 3.73. The van der Waals surface area contributed by atoms with Gasteiger partial charge in [0.25, 0.3) is 11.2 Å². The van der Waals surface area contributed by atoms with E-state index in [9.17, 15) is 24.5 Å². The molecule has 11 nitrogen and oxygen atoms in total. The molecule has 2 aromatic carbocycles. The van der Waals surface area contributed by atoms with Gasteiger partial charge in [-0.2, -0.15) is 0 Å². The molecule has 2 aliphatic heterocycles. The largest absolute Gasteiger partial charge is 0.457 e. The van der Waals surface area contributed by atoms with Crippen LogP contribution < -0.4 is 10.9 Å². The highest BCUT2D eigenvalue weighted by atomic mass is 16.6. The molecule has 0 spiro atoms. The van der Waals surface area contributed by atoms with Gasteiger partial charge in [0.2, 0.25) is 5.60 Å². The molecular weight excluding hydrogens is 516 g/mol. The fraction of sp³-hybridized carbons (Fsp3) is 0.241. The molecule has 2 aromatic heterocycles. The fourth-order valence-corrected chi connectivity index (χ4v) is 5.65.